The maximum atomic E-state index is 12.5. The average molecular weight is 459 g/mol. The van der Waals surface area contributed by atoms with Crippen molar-refractivity contribution in [1.82, 2.24) is 5.32 Å². The van der Waals surface area contributed by atoms with E-state index in [2.05, 4.69) is 10.6 Å². The molecule has 32 heavy (non-hydrogen) atoms. The Morgan fingerprint density at radius 3 is 2.53 bits per heavy atom. The fourth-order valence-corrected chi connectivity index (χ4v) is 4.76. The molecule has 6 N–H and O–H groups in total. The van der Waals surface area contributed by atoms with Crippen LogP contribution in [0.3, 0.4) is 0 Å². The van der Waals surface area contributed by atoms with Crippen LogP contribution in [0.5, 0.6) is 0 Å². The van der Waals surface area contributed by atoms with Crippen molar-refractivity contribution in [3.8, 4) is 10.4 Å². The lowest BCUT2D eigenvalue weighted by molar-refractivity contribution is -0.155. The molecule has 0 unspecified atom stereocenters. The predicted octanol–water partition coefficient (Wildman–Crippen LogP) is 3.40. The van der Waals surface area contributed by atoms with E-state index in [4.69, 9.17) is 16.2 Å². The SMILES string of the molecule is CC(C)(NCCc1cccc(-c2cc(C(N)=O)c(NC(N)=O)s2)c1)C(=O)OC1CCCC1. The first-order valence-electron chi connectivity index (χ1n) is 10.7. The van der Waals surface area contributed by atoms with Gasteiger partial charge in [-0.3, -0.25) is 14.9 Å². The highest BCUT2D eigenvalue weighted by Gasteiger charge is 2.31. The molecule has 3 amide bonds. The molecule has 0 aliphatic heterocycles. The highest BCUT2D eigenvalue weighted by molar-refractivity contribution is 7.20. The van der Waals surface area contributed by atoms with Gasteiger partial charge >= 0.3 is 12.0 Å². The van der Waals surface area contributed by atoms with Gasteiger partial charge in [0.1, 0.15) is 16.6 Å². The minimum Gasteiger partial charge on any atom is -0.461 e. The number of hydrogen-bond donors (Lipinski definition) is 4. The van der Waals surface area contributed by atoms with Crippen molar-refractivity contribution < 1.29 is 19.1 Å². The third-order valence-electron chi connectivity index (χ3n) is 5.51. The molecule has 0 atom stereocenters. The van der Waals surface area contributed by atoms with Crippen LogP contribution >= 0.6 is 11.3 Å². The number of urea groups is 1. The first kappa shape index (κ1) is 23.7. The Bertz CT molecular complexity index is 996. The topological polar surface area (TPSA) is 137 Å². The van der Waals surface area contributed by atoms with E-state index in [-0.39, 0.29) is 17.6 Å². The molecule has 1 aliphatic carbocycles. The van der Waals surface area contributed by atoms with E-state index in [9.17, 15) is 14.4 Å². The fourth-order valence-electron chi connectivity index (χ4n) is 3.70. The number of carbonyl (C=O) groups is 3. The lowest BCUT2D eigenvalue weighted by atomic mass is 10.0. The number of primary amides is 2. The van der Waals surface area contributed by atoms with Gasteiger partial charge in [-0.25, -0.2) is 4.79 Å². The van der Waals surface area contributed by atoms with Crippen LogP contribution in [0.25, 0.3) is 10.4 Å². The summed E-state index contributed by atoms with van der Waals surface area (Å²) in [6.45, 7) is 4.28. The number of rotatable bonds is 9. The molecular weight excluding hydrogens is 428 g/mol. The van der Waals surface area contributed by atoms with Gasteiger partial charge in [0.25, 0.3) is 5.91 Å². The maximum Gasteiger partial charge on any atom is 0.326 e. The lowest BCUT2D eigenvalue weighted by Gasteiger charge is -2.26. The second-order valence-corrected chi connectivity index (χ2v) is 9.57. The highest BCUT2D eigenvalue weighted by Crippen LogP contribution is 2.35. The van der Waals surface area contributed by atoms with Crippen LogP contribution in [-0.2, 0) is 16.0 Å². The Kier molecular flexibility index (Phi) is 7.52. The van der Waals surface area contributed by atoms with Crippen molar-refractivity contribution in [1.29, 1.82) is 0 Å². The van der Waals surface area contributed by atoms with Gasteiger partial charge < -0.3 is 21.5 Å². The van der Waals surface area contributed by atoms with Crippen LogP contribution in [0.4, 0.5) is 9.80 Å². The number of thiophene rings is 1. The zero-order valence-electron chi connectivity index (χ0n) is 18.4. The molecule has 2 aromatic rings. The third kappa shape index (κ3) is 6.08. The van der Waals surface area contributed by atoms with Crippen molar-refractivity contribution >= 4 is 34.2 Å². The third-order valence-corrected chi connectivity index (χ3v) is 6.61. The number of nitrogens with one attached hydrogen (secondary N) is 2. The number of esters is 1. The van der Waals surface area contributed by atoms with E-state index in [0.29, 0.717) is 18.0 Å². The van der Waals surface area contributed by atoms with E-state index in [1.165, 1.54) is 11.3 Å². The molecule has 1 heterocycles. The normalized spacial score (nSPS) is 14.3. The number of carbonyl (C=O) groups excluding carboxylic acids is 3. The maximum absolute atomic E-state index is 12.5. The van der Waals surface area contributed by atoms with Crippen molar-refractivity contribution in [3.63, 3.8) is 0 Å². The number of hydrogen-bond acceptors (Lipinski definition) is 6. The summed E-state index contributed by atoms with van der Waals surface area (Å²) in [5.74, 6) is -0.853. The molecule has 8 nitrogen and oxygen atoms in total. The summed E-state index contributed by atoms with van der Waals surface area (Å²) in [5.41, 5.74) is 12.0. The quantitative estimate of drug-likeness (QED) is 0.427. The smallest absolute Gasteiger partial charge is 0.326 e. The van der Waals surface area contributed by atoms with Crippen molar-refractivity contribution in [2.24, 2.45) is 11.5 Å². The average Bonchev–Trinajstić information content (AvgIpc) is 3.37. The molecule has 1 saturated carbocycles. The summed E-state index contributed by atoms with van der Waals surface area (Å²) in [6, 6.07) is 8.75. The van der Waals surface area contributed by atoms with E-state index in [1.807, 2.05) is 38.1 Å². The van der Waals surface area contributed by atoms with E-state index >= 15 is 0 Å². The fraction of sp³-hybridized carbons (Fsp3) is 0.435. The van der Waals surface area contributed by atoms with Gasteiger partial charge in [-0.05, 0) is 63.1 Å². The molecule has 1 aromatic carbocycles. The first-order chi connectivity index (χ1) is 15.2. The van der Waals surface area contributed by atoms with Crippen molar-refractivity contribution in [2.75, 3.05) is 11.9 Å². The van der Waals surface area contributed by atoms with Gasteiger partial charge in [-0.2, -0.15) is 0 Å². The summed E-state index contributed by atoms with van der Waals surface area (Å²) >= 11 is 1.24. The zero-order valence-corrected chi connectivity index (χ0v) is 19.2. The monoisotopic (exact) mass is 458 g/mol. The lowest BCUT2D eigenvalue weighted by Crippen LogP contribution is -2.49. The minimum atomic E-state index is -0.764. The molecule has 0 bridgehead atoms. The van der Waals surface area contributed by atoms with Crippen LogP contribution in [-0.4, -0.2) is 36.1 Å². The number of ether oxygens (including phenoxy) is 1. The first-order valence-corrected chi connectivity index (χ1v) is 11.5. The van der Waals surface area contributed by atoms with Gasteiger partial charge in [0.05, 0.1) is 5.56 Å². The summed E-state index contributed by atoms with van der Waals surface area (Å²) in [4.78, 5) is 36.2. The molecule has 0 saturated heterocycles. The van der Waals surface area contributed by atoms with Gasteiger partial charge in [0.15, 0.2) is 0 Å². The van der Waals surface area contributed by atoms with Crippen LogP contribution in [0, 0.1) is 0 Å². The molecule has 3 rings (SSSR count). The van der Waals surface area contributed by atoms with Gasteiger partial charge in [0, 0.05) is 11.4 Å². The Balaban J connectivity index is 1.63. The largest absolute Gasteiger partial charge is 0.461 e. The molecular formula is C23H30N4O4S. The number of benzene rings is 1. The second kappa shape index (κ2) is 10.1. The molecule has 172 valence electrons. The molecule has 1 aliphatic rings. The molecule has 9 heteroatoms. The van der Waals surface area contributed by atoms with Crippen LogP contribution in [0.1, 0.15) is 55.5 Å². The number of amides is 3. The van der Waals surface area contributed by atoms with E-state index < -0.39 is 17.5 Å². The Hall–Kier alpha value is -2.91. The van der Waals surface area contributed by atoms with Crippen LogP contribution in [0.15, 0.2) is 30.3 Å². The number of nitrogens with two attached hydrogens (primary N) is 2. The predicted molar refractivity (Wildman–Crippen MR) is 126 cm³/mol. The summed E-state index contributed by atoms with van der Waals surface area (Å²) in [7, 11) is 0. The Morgan fingerprint density at radius 2 is 1.88 bits per heavy atom. The molecule has 1 aromatic heterocycles. The van der Waals surface area contributed by atoms with Crippen molar-refractivity contribution in [3.05, 3.63) is 41.5 Å². The summed E-state index contributed by atoms with van der Waals surface area (Å²) in [5, 5.41) is 6.07. The summed E-state index contributed by atoms with van der Waals surface area (Å²) < 4.78 is 5.64. The summed E-state index contributed by atoms with van der Waals surface area (Å²) in [6.07, 6.45) is 4.89. The Morgan fingerprint density at radius 1 is 1.16 bits per heavy atom. The van der Waals surface area contributed by atoms with Crippen LogP contribution < -0.4 is 22.1 Å². The minimum absolute atomic E-state index is 0.0466. The molecule has 1 fully saturated rings. The van der Waals surface area contributed by atoms with Crippen LogP contribution in [0.2, 0.25) is 0 Å². The second-order valence-electron chi connectivity index (χ2n) is 8.52. The standard InChI is InChI=1S/C23H30N4O4S/c1-23(2,21(29)31-16-8-3-4-9-16)26-11-10-14-6-5-7-15(12-14)18-13-17(19(24)28)20(32-18)27-22(25)30/h5-7,12-13,16,26H,3-4,8-11H2,1-2H3,(H2,24,28)(H3,25,27,30). The van der Waals surface area contributed by atoms with Gasteiger partial charge in [-0.1, -0.05) is 24.3 Å². The zero-order chi connectivity index (χ0) is 23.3. The molecule has 0 spiro atoms. The number of anilines is 1. The van der Waals surface area contributed by atoms with E-state index in [0.717, 1.165) is 41.7 Å². The van der Waals surface area contributed by atoms with E-state index in [1.54, 1.807) is 6.07 Å². The van der Waals surface area contributed by atoms with Crippen molar-refractivity contribution in [2.45, 2.75) is 57.6 Å². The van der Waals surface area contributed by atoms with Gasteiger partial charge in [-0.15, -0.1) is 11.3 Å². The highest BCUT2D eigenvalue weighted by atomic mass is 32.1. The Labute approximate surface area is 191 Å². The molecule has 0 radical (unpaired) electrons. The van der Waals surface area contributed by atoms with Gasteiger partial charge in [0.2, 0.25) is 0 Å².